The van der Waals surface area contributed by atoms with E-state index >= 15 is 0 Å². The molecule has 22 heavy (non-hydrogen) atoms. The summed E-state index contributed by atoms with van der Waals surface area (Å²) in [7, 11) is 1.69. The predicted octanol–water partition coefficient (Wildman–Crippen LogP) is 4.53. The lowest BCUT2D eigenvalue weighted by molar-refractivity contribution is 0.415. The van der Waals surface area contributed by atoms with Crippen molar-refractivity contribution in [1.82, 2.24) is 15.0 Å². The number of unbranched alkanes of at least 4 members (excludes halogenated alkanes) is 1. The van der Waals surface area contributed by atoms with E-state index < -0.39 is 0 Å². The topological polar surface area (TPSA) is 50.8 Å². The van der Waals surface area contributed by atoms with Crippen LogP contribution < -0.4 is 4.74 Å². The number of hydrogen-bond acceptors (Lipinski definition) is 4. The number of methoxy groups -OCH3 is 1. The zero-order valence-electron chi connectivity index (χ0n) is 12.8. The number of nitrogens with zero attached hydrogens (tertiary/aromatic N) is 2. The van der Waals surface area contributed by atoms with Crippen LogP contribution >= 0.6 is 11.8 Å². The fraction of sp³-hybridized carbons (Fsp3) is 0.294. The molecule has 0 aliphatic heterocycles. The van der Waals surface area contributed by atoms with Gasteiger partial charge in [0.2, 0.25) is 0 Å². The van der Waals surface area contributed by atoms with Crippen LogP contribution in [0.15, 0.2) is 41.4 Å². The number of thioether (sulfide) groups is 1. The molecule has 0 aliphatic carbocycles. The smallest absolute Gasteiger partial charge is 0.178 e. The lowest BCUT2D eigenvalue weighted by atomic mass is 10.2. The van der Waals surface area contributed by atoms with E-state index in [9.17, 15) is 0 Å². The standard InChI is InChI=1S/C17H19N3OS/c1-3-4-10-22-12-7-8-13(15(11-12)21-2)16-19-14-6-5-9-18-17(14)20-16/h5-9,11H,3-4,10H2,1-2H3,(H,18,19,20). The van der Waals surface area contributed by atoms with Gasteiger partial charge < -0.3 is 9.72 Å². The molecule has 1 N–H and O–H groups in total. The summed E-state index contributed by atoms with van der Waals surface area (Å²) in [5.41, 5.74) is 2.61. The maximum Gasteiger partial charge on any atom is 0.178 e. The summed E-state index contributed by atoms with van der Waals surface area (Å²) < 4.78 is 5.55. The Labute approximate surface area is 134 Å². The van der Waals surface area contributed by atoms with Gasteiger partial charge in [0.1, 0.15) is 11.6 Å². The monoisotopic (exact) mass is 313 g/mol. The van der Waals surface area contributed by atoms with Gasteiger partial charge in [-0.1, -0.05) is 13.3 Å². The van der Waals surface area contributed by atoms with Crippen molar-refractivity contribution < 1.29 is 4.74 Å². The summed E-state index contributed by atoms with van der Waals surface area (Å²) in [4.78, 5) is 13.3. The highest BCUT2D eigenvalue weighted by molar-refractivity contribution is 7.99. The molecule has 0 amide bonds. The van der Waals surface area contributed by atoms with Gasteiger partial charge in [-0.05, 0) is 42.5 Å². The van der Waals surface area contributed by atoms with E-state index in [4.69, 9.17) is 4.74 Å². The first-order valence-corrected chi connectivity index (χ1v) is 8.42. The number of ether oxygens (including phenoxy) is 1. The van der Waals surface area contributed by atoms with E-state index in [1.807, 2.05) is 23.9 Å². The zero-order chi connectivity index (χ0) is 15.4. The number of aromatic amines is 1. The molecule has 0 bridgehead atoms. The Bertz CT molecular complexity index is 736. The Balaban J connectivity index is 1.92. The highest BCUT2D eigenvalue weighted by atomic mass is 32.2. The van der Waals surface area contributed by atoms with Crippen LogP contribution in [0.5, 0.6) is 5.75 Å². The molecule has 1 aromatic carbocycles. The van der Waals surface area contributed by atoms with Crippen LogP contribution in [-0.2, 0) is 0 Å². The number of aromatic nitrogens is 3. The van der Waals surface area contributed by atoms with Crippen LogP contribution in [0.3, 0.4) is 0 Å². The van der Waals surface area contributed by atoms with Gasteiger partial charge in [0.15, 0.2) is 5.65 Å². The molecular weight excluding hydrogens is 294 g/mol. The SMILES string of the molecule is CCCCSc1ccc(-c2nc3ncccc3[nH]2)c(OC)c1. The Morgan fingerprint density at radius 1 is 1.27 bits per heavy atom. The van der Waals surface area contributed by atoms with E-state index in [1.165, 1.54) is 17.7 Å². The highest BCUT2D eigenvalue weighted by Gasteiger charge is 2.12. The third kappa shape index (κ3) is 3.09. The minimum absolute atomic E-state index is 0.723. The second kappa shape index (κ2) is 6.83. The molecule has 3 rings (SSSR count). The van der Waals surface area contributed by atoms with Crippen LogP contribution in [0.25, 0.3) is 22.6 Å². The molecule has 2 heterocycles. The van der Waals surface area contributed by atoms with Crippen molar-refractivity contribution in [2.75, 3.05) is 12.9 Å². The normalized spacial score (nSPS) is 11.0. The van der Waals surface area contributed by atoms with E-state index in [0.717, 1.165) is 34.1 Å². The van der Waals surface area contributed by atoms with Gasteiger partial charge in [-0.25, -0.2) is 9.97 Å². The lowest BCUT2D eigenvalue weighted by Crippen LogP contribution is -1.90. The molecule has 2 aromatic heterocycles. The van der Waals surface area contributed by atoms with Crippen LogP contribution in [0.4, 0.5) is 0 Å². The predicted molar refractivity (Wildman–Crippen MR) is 91.5 cm³/mol. The molecule has 0 radical (unpaired) electrons. The van der Waals surface area contributed by atoms with Crippen molar-refractivity contribution in [3.8, 4) is 17.1 Å². The zero-order valence-corrected chi connectivity index (χ0v) is 13.6. The molecule has 5 heteroatoms. The van der Waals surface area contributed by atoms with E-state index in [-0.39, 0.29) is 0 Å². The summed E-state index contributed by atoms with van der Waals surface area (Å²) in [5, 5.41) is 0. The number of benzene rings is 1. The molecule has 0 atom stereocenters. The first kappa shape index (κ1) is 14.9. The van der Waals surface area contributed by atoms with Crippen LogP contribution in [-0.4, -0.2) is 27.8 Å². The van der Waals surface area contributed by atoms with Gasteiger partial charge in [-0.15, -0.1) is 11.8 Å². The fourth-order valence-electron chi connectivity index (χ4n) is 2.26. The van der Waals surface area contributed by atoms with Gasteiger partial charge >= 0.3 is 0 Å². The van der Waals surface area contributed by atoms with Crippen molar-refractivity contribution in [2.24, 2.45) is 0 Å². The van der Waals surface area contributed by atoms with Crippen LogP contribution in [0.2, 0.25) is 0 Å². The largest absolute Gasteiger partial charge is 0.496 e. The van der Waals surface area contributed by atoms with E-state index in [1.54, 1.807) is 13.3 Å². The van der Waals surface area contributed by atoms with E-state index in [2.05, 4.69) is 40.1 Å². The number of pyridine rings is 1. The average Bonchev–Trinajstić information content (AvgIpc) is 2.98. The first-order chi connectivity index (χ1) is 10.8. The van der Waals surface area contributed by atoms with Gasteiger partial charge in [-0.3, -0.25) is 0 Å². The van der Waals surface area contributed by atoms with Crippen molar-refractivity contribution in [3.63, 3.8) is 0 Å². The third-order valence-corrected chi connectivity index (χ3v) is 4.53. The Morgan fingerprint density at radius 3 is 2.95 bits per heavy atom. The number of imidazole rings is 1. The van der Waals surface area contributed by atoms with Crippen molar-refractivity contribution in [3.05, 3.63) is 36.5 Å². The third-order valence-electron chi connectivity index (χ3n) is 3.45. The highest BCUT2D eigenvalue weighted by Crippen LogP contribution is 2.33. The van der Waals surface area contributed by atoms with Gasteiger partial charge in [0, 0.05) is 11.1 Å². The minimum Gasteiger partial charge on any atom is -0.496 e. The molecule has 3 aromatic rings. The Hall–Kier alpha value is -2.01. The molecule has 0 aliphatic rings. The maximum atomic E-state index is 5.55. The Kier molecular flexibility index (Phi) is 4.63. The van der Waals surface area contributed by atoms with Crippen LogP contribution in [0.1, 0.15) is 19.8 Å². The maximum absolute atomic E-state index is 5.55. The average molecular weight is 313 g/mol. The number of fused-ring (bicyclic) bond motifs is 1. The lowest BCUT2D eigenvalue weighted by Gasteiger charge is -2.08. The van der Waals surface area contributed by atoms with Crippen molar-refractivity contribution in [1.29, 1.82) is 0 Å². The molecule has 0 saturated heterocycles. The molecule has 0 spiro atoms. The molecule has 114 valence electrons. The fourth-order valence-corrected chi connectivity index (χ4v) is 3.29. The second-order valence-corrected chi connectivity index (χ2v) is 6.19. The minimum atomic E-state index is 0.723. The molecular formula is C17H19N3OS. The van der Waals surface area contributed by atoms with Gasteiger partial charge in [-0.2, -0.15) is 0 Å². The number of H-pyrrole nitrogens is 1. The molecule has 0 saturated carbocycles. The molecule has 0 fully saturated rings. The van der Waals surface area contributed by atoms with Gasteiger partial charge in [0.25, 0.3) is 0 Å². The van der Waals surface area contributed by atoms with Crippen molar-refractivity contribution in [2.45, 2.75) is 24.7 Å². The summed E-state index contributed by atoms with van der Waals surface area (Å²) in [6.45, 7) is 2.21. The summed E-state index contributed by atoms with van der Waals surface area (Å²) in [6.07, 6.45) is 4.19. The molecule has 4 nitrogen and oxygen atoms in total. The first-order valence-electron chi connectivity index (χ1n) is 7.43. The number of nitrogens with one attached hydrogen (secondary N) is 1. The van der Waals surface area contributed by atoms with Gasteiger partial charge in [0.05, 0.1) is 18.2 Å². The van der Waals surface area contributed by atoms with Crippen molar-refractivity contribution >= 4 is 22.9 Å². The quantitative estimate of drug-likeness (QED) is 0.537. The Morgan fingerprint density at radius 2 is 2.18 bits per heavy atom. The number of rotatable bonds is 6. The number of hydrogen-bond donors (Lipinski definition) is 1. The second-order valence-electron chi connectivity index (χ2n) is 5.02. The summed E-state index contributed by atoms with van der Waals surface area (Å²) in [6, 6.07) is 10.1. The summed E-state index contributed by atoms with van der Waals surface area (Å²) >= 11 is 1.86. The van der Waals surface area contributed by atoms with Crippen LogP contribution in [0, 0.1) is 0 Å². The molecule has 0 unspecified atom stereocenters. The van der Waals surface area contributed by atoms with E-state index in [0.29, 0.717) is 0 Å². The summed E-state index contributed by atoms with van der Waals surface area (Å²) in [5.74, 6) is 2.75.